The lowest BCUT2D eigenvalue weighted by Crippen LogP contribution is -2.25. The first-order valence-corrected chi connectivity index (χ1v) is 10.2. The highest BCUT2D eigenvalue weighted by Crippen LogP contribution is 2.28. The normalized spacial score (nSPS) is 13.6. The second kappa shape index (κ2) is 9.09. The molecule has 29 heavy (non-hydrogen) atoms. The molecule has 3 aromatic rings. The molecule has 2 aromatic heterocycles. The topological polar surface area (TPSA) is 64.9 Å². The van der Waals surface area contributed by atoms with Crippen molar-refractivity contribution in [2.75, 3.05) is 19.8 Å². The fourth-order valence-corrected chi connectivity index (χ4v) is 3.21. The number of nitrogens with one attached hydrogen (secondary N) is 1. The van der Waals surface area contributed by atoms with Crippen LogP contribution in [0.3, 0.4) is 0 Å². The third-order valence-corrected chi connectivity index (χ3v) is 5.04. The minimum atomic E-state index is -0.131. The van der Waals surface area contributed by atoms with Crippen LogP contribution in [0.1, 0.15) is 40.9 Å². The third kappa shape index (κ3) is 5.15. The number of rotatable bonds is 10. The summed E-state index contributed by atoms with van der Waals surface area (Å²) in [6.07, 6.45) is 7.31. The van der Waals surface area contributed by atoms with Gasteiger partial charge in [0.05, 0.1) is 11.3 Å². The van der Waals surface area contributed by atoms with Gasteiger partial charge in [-0.1, -0.05) is 18.2 Å². The molecule has 1 saturated carbocycles. The summed E-state index contributed by atoms with van der Waals surface area (Å²) in [7, 11) is 0. The summed E-state index contributed by atoms with van der Waals surface area (Å²) >= 11 is 0. The van der Waals surface area contributed by atoms with Crippen molar-refractivity contribution in [2.24, 2.45) is 5.92 Å². The summed E-state index contributed by atoms with van der Waals surface area (Å²) in [5.74, 6) is 1.20. The number of amides is 1. The van der Waals surface area contributed by atoms with Crippen molar-refractivity contribution in [1.29, 1.82) is 0 Å². The molecule has 0 unspecified atom stereocenters. The molecule has 0 spiro atoms. The highest BCUT2D eigenvalue weighted by molar-refractivity contribution is 5.96. The Morgan fingerprint density at radius 1 is 1.24 bits per heavy atom. The van der Waals surface area contributed by atoms with Gasteiger partial charge < -0.3 is 19.2 Å². The van der Waals surface area contributed by atoms with E-state index >= 15 is 0 Å². The number of nitrogens with zero attached hydrogens (tertiary/aromatic N) is 2. The van der Waals surface area contributed by atoms with Crippen molar-refractivity contribution >= 4 is 11.6 Å². The van der Waals surface area contributed by atoms with Crippen molar-refractivity contribution in [2.45, 2.75) is 32.8 Å². The Hall–Kier alpha value is -2.86. The molecular weight excluding hydrogens is 366 g/mol. The molecule has 6 heteroatoms. The standard InChI is InChI=1S/C23H27N3O3/c1-17-6-4-12-26-14-19(25-22(17)26)16-29-21-8-3-2-7-20(21)23(27)24-11-5-13-28-15-18-9-10-18/h2-4,6-8,12,14,18H,5,9-11,13,15-16H2,1H3,(H,24,27). The number of benzene rings is 1. The van der Waals surface area contributed by atoms with Crippen LogP contribution in [-0.4, -0.2) is 35.1 Å². The van der Waals surface area contributed by atoms with E-state index in [-0.39, 0.29) is 5.91 Å². The molecule has 0 radical (unpaired) electrons. The van der Waals surface area contributed by atoms with Gasteiger partial charge in [-0.2, -0.15) is 0 Å². The van der Waals surface area contributed by atoms with E-state index in [1.54, 1.807) is 6.07 Å². The zero-order valence-corrected chi connectivity index (χ0v) is 16.8. The number of hydrogen-bond donors (Lipinski definition) is 1. The molecule has 1 N–H and O–H groups in total. The first-order valence-electron chi connectivity index (χ1n) is 10.2. The Labute approximate surface area is 170 Å². The molecule has 1 aromatic carbocycles. The fourth-order valence-electron chi connectivity index (χ4n) is 3.21. The van der Waals surface area contributed by atoms with Crippen LogP contribution in [0.5, 0.6) is 5.75 Å². The smallest absolute Gasteiger partial charge is 0.255 e. The van der Waals surface area contributed by atoms with Crippen LogP contribution in [-0.2, 0) is 11.3 Å². The van der Waals surface area contributed by atoms with Crippen molar-refractivity contribution < 1.29 is 14.3 Å². The number of pyridine rings is 1. The average molecular weight is 393 g/mol. The summed E-state index contributed by atoms with van der Waals surface area (Å²) in [4.78, 5) is 17.2. The highest BCUT2D eigenvalue weighted by atomic mass is 16.5. The van der Waals surface area contributed by atoms with E-state index in [0.717, 1.165) is 35.9 Å². The zero-order chi connectivity index (χ0) is 20.1. The summed E-state index contributed by atoms with van der Waals surface area (Å²) in [6.45, 7) is 4.46. The number of aryl methyl sites for hydroxylation is 1. The number of imidazole rings is 1. The predicted molar refractivity (Wildman–Crippen MR) is 111 cm³/mol. The lowest BCUT2D eigenvalue weighted by atomic mass is 10.2. The van der Waals surface area contributed by atoms with E-state index in [9.17, 15) is 4.79 Å². The Morgan fingerprint density at radius 3 is 2.93 bits per heavy atom. The van der Waals surface area contributed by atoms with Crippen LogP contribution >= 0.6 is 0 Å². The lowest BCUT2D eigenvalue weighted by Gasteiger charge is -2.11. The van der Waals surface area contributed by atoms with Gasteiger partial charge in [0.1, 0.15) is 18.0 Å². The van der Waals surface area contributed by atoms with Gasteiger partial charge in [0.2, 0.25) is 0 Å². The molecule has 6 nitrogen and oxygen atoms in total. The van der Waals surface area contributed by atoms with Crippen LogP contribution < -0.4 is 10.1 Å². The van der Waals surface area contributed by atoms with E-state index in [1.807, 2.05) is 54.0 Å². The number of ether oxygens (including phenoxy) is 2. The quantitative estimate of drug-likeness (QED) is 0.533. The van der Waals surface area contributed by atoms with Gasteiger partial charge in [-0.3, -0.25) is 4.79 Å². The van der Waals surface area contributed by atoms with Gasteiger partial charge in [-0.25, -0.2) is 4.98 Å². The average Bonchev–Trinajstić information content (AvgIpc) is 3.46. The van der Waals surface area contributed by atoms with Crippen molar-refractivity contribution in [1.82, 2.24) is 14.7 Å². The van der Waals surface area contributed by atoms with E-state index in [4.69, 9.17) is 9.47 Å². The van der Waals surface area contributed by atoms with Crippen LogP contribution in [0.25, 0.3) is 5.65 Å². The number of carbonyl (C=O) groups is 1. The minimum Gasteiger partial charge on any atom is -0.486 e. The van der Waals surface area contributed by atoms with Crippen molar-refractivity contribution in [3.8, 4) is 5.75 Å². The molecule has 152 valence electrons. The molecule has 1 fully saturated rings. The summed E-state index contributed by atoms with van der Waals surface area (Å²) < 4.78 is 13.5. The van der Waals surface area contributed by atoms with Gasteiger partial charge in [-0.05, 0) is 55.9 Å². The third-order valence-electron chi connectivity index (χ3n) is 5.04. The maximum absolute atomic E-state index is 12.6. The van der Waals surface area contributed by atoms with Crippen LogP contribution in [0.2, 0.25) is 0 Å². The molecule has 0 saturated heterocycles. The molecule has 0 aliphatic heterocycles. The number of para-hydroxylation sites is 1. The fraction of sp³-hybridized carbons (Fsp3) is 0.391. The predicted octanol–water partition coefficient (Wildman–Crippen LogP) is 3.77. The molecule has 0 bridgehead atoms. The van der Waals surface area contributed by atoms with Gasteiger partial charge in [0.15, 0.2) is 0 Å². The molecule has 4 rings (SSSR count). The van der Waals surface area contributed by atoms with Crippen LogP contribution in [0.15, 0.2) is 48.8 Å². The maximum Gasteiger partial charge on any atom is 0.255 e. The number of aromatic nitrogens is 2. The van der Waals surface area contributed by atoms with Crippen molar-refractivity contribution in [3.05, 3.63) is 65.6 Å². The number of carbonyl (C=O) groups excluding carboxylic acids is 1. The first-order chi connectivity index (χ1) is 14.2. The number of fused-ring (bicyclic) bond motifs is 1. The molecular formula is C23H27N3O3. The molecule has 1 aliphatic carbocycles. The molecule has 1 amide bonds. The Bertz CT molecular complexity index is 978. The van der Waals surface area contributed by atoms with E-state index < -0.39 is 0 Å². The van der Waals surface area contributed by atoms with Crippen LogP contribution in [0.4, 0.5) is 0 Å². The van der Waals surface area contributed by atoms with Gasteiger partial charge in [-0.15, -0.1) is 0 Å². The monoisotopic (exact) mass is 393 g/mol. The lowest BCUT2D eigenvalue weighted by molar-refractivity contribution is 0.0933. The first kappa shape index (κ1) is 19.5. The van der Waals surface area contributed by atoms with E-state index in [0.29, 0.717) is 31.1 Å². The summed E-state index contributed by atoms with van der Waals surface area (Å²) in [5, 5.41) is 2.95. The summed E-state index contributed by atoms with van der Waals surface area (Å²) in [5.41, 5.74) is 3.38. The van der Waals surface area contributed by atoms with E-state index in [2.05, 4.69) is 10.3 Å². The van der Waals surface area contributed by atoms with Crippen LogP contribution in [0, 0.1) is 12.8 Å². The Morgan fingerprint density at radius 2 is 2.10 bits per heavy atom. The van der Waals surface area contributed by atoms with Gasteiger partial charge in [0.25, 0.3) is 5.91 Å². The van der Waals surface area contributed by atoms with Gasteiger partial charge >= 0.3 is 0 Å². The molecule has 0 atom stereocenters. The maximum atomic E-state index is 12.6. The van der Waals surface area contributed by atoms with Crippen molar-refractivity contribution in [3.63, 3.8) is 0 Å². The molecule has 1 aliphatic rings. The number of hydrogen-bond acceptors (Lipinski definition) is 4. The molecule has 2 heterocycles. The summed E-state index contributed by atoms with van der Waals surface area (Å²) in [6, 6.07) is 11.3. The van der Waals surface area contributed by atoms with E-state index in [1.165, 1.54) is 12.8 Å². The Kier molecular flexibility index (Phi) is 6.10. The highest BCUT2D eigenvalue weighted by Gasteiger charge is 2.20. The Balaban J connectivity index is 1.30. The zero-order valence-electron chi connectivity index (χ0n) is 16.8. The largest absolute Gasteiger partial charge is 0.486 e. The SMILES string of the molecule is Cc1cccn2cc(COc3ccccc3C(=O)NCCCOCC3CC3)nc12. The minimum absolute atomic E-state index is 0.131. The van der Waals surface area contributed by atoms with Gasteiger partial charge in [0, 0.05) is 32.2 Å². The second-order valence-corrected chi connectivity index (χ2v) is 7.57. The second-order valence-electron chi connectivity index (χ2n) is 7.57.